The van der Waals surface area contributed by atoms with E-state index >= 15 is 0 Å². The van der Waals surface area contributed by atoms with Crippen LogP contribution in [0.4, 0.5) is 5.69 Å². The van der Waals surface area contributed by atoms with Gasteiger partial charge in [-0.3, -0.25) is 14.3 Å². The monoisotopic (exact) mass is 392 g/mol. The van der Waals surface area contributed by atoms with Crippen molar-refractivity contribution in [2.75, 3.05) is 18.7 Å². The predicted octanol–water partition coefficient (Wildman–Crippen LogP) is 2.37. The zero-order chi connectivity index (χ0) is 18.8. The summed E-state index contributed by atoms with van der Waals surface area (Å²) in [5, 5.41) is 14.3. The van der Waals surface area contributed by atoms with E-state index in [1.807, 2.05) is 0 Å². The summed E-state index contributed by atoms with van der Waals surface area (Å²) < 4.78 is 34.6. The number of nitro groups is 1. The summed E-state index contributed by atoms with van der Waals surface area (Å²) in [6, 6.07) is 3.64. The van der Waals surface area contributed by atoms with Gasteiger partial charge in [-0.2, -0.15) is 8.42 Å². The minimum absolute atomic E-state index is 0.107. The molecule has 0 spiro atoms. The molecule has 140 valence electrons. The summed E-state index contributed by atoms with van der Waals surface area (Å²) in [6.45, 7) is 3.92. The van der Waals surface area contributed by atoms with E-state index < -0.39 is 32.8 Å². The lowest BCUT2D eigenvalue weighted by Crippen LogP contribution is -2.54. The van der Waals surface area contributed by atoms with Crippen LogP contribution < -0.4 is 10.1 Å². The third kappa shape index (κ3) is 4.81. The molecule has 0 fully saturated rings. The second-order valence-electron chi connectivity index (χ2n) is 6.38. The lowest BCUT2D eigenvalue weighted by Gasteiger charge is -2.44. The molecule has 0 bridgehead atoms. The maximum Gasteiger partial charge on any atom is 0.270 e. The molecule has 0 amide bonds. The molecule has 1 aromatic carbocycles. The van der Waals surface area contributed by atoms with Gasteiger partial charge in [0, 0.05) is 23.6 Å². The van der Waals surface area contributed by atoms with Crippen molar-refractivity contribution < 1.29 is 22.3 Å². The number of alkyl halides is 1. The standard InChI is InChI=1S/C15H21ClN2O6S/c1-15(2)14(24-25(3,21)22)13(17-8-4-7-16)11-9-10(18(19)20)5-6-12(11)23-15/h5-6,9,13-14,17H,4,7-8H2,1-3H3/t13-,14+/m0/s1. The van der Waals surface area contributed by atoms with Gasteiger partial charge in [-0.25, -0.2) is 0 Å². The third-order valence-electron chi connectivity index (χ3n) is 3.85. The van der Waals surface area contributed by atoms with E-state index in [-0.39, 0.29) is 5.69 Å². The highest BCUT2D eigenvalue weighted by Gasteiger charge is 2.47. The number of rotatable bonds is 7. The van der Waals surface area contributed by atoms with Crippen molar-refractivity contribution in [2.45, 2.75) is 38.0 Å². The van der Waals surface area contributed by atoms with Crippen molar-refractivity contribution in [3.63, 3.8) is 0 Å². The molecule has 25 heavy (non-hydrogen) atoms. The van der Waals surface area contributed by atoms with Crippen molar-refractivity contribution in [3.05, 3.63) is 33.9 Å². The van der Waals surface area contributed by atoms with E-state index in [4.69, 9.17) is 20.5 Å². The zero-order valence-corrected chi connectivity index (χ0v) is 15.8. The molecule has 0 unspecified atom stereocenters. The Bertz CT molecular complexity index is 752. The average molecular weight is 393 g/mol. The molecule has 0 aromatic heterocycles. The van der Waals surface area contributed by atoms with Gasteiger partial charge >= 0.3 is 0 Å². The Morgan fingerprint density at radius 3 is 2.68 bits per heavy atom. The molecular weight excluding hydrogens is 372 g/mol. The zero-order valence-electron chi connectivity index (χ0n) is 14.2. The number of nitrogens with one attached hydrogen (secondary N) is 1. The summed E-state index contributed by atoms with van der Waals surface area (Å²) in [5.74, 6) is 0.881. The minimum atomic E-state index is -3.77. The Morgan fingerprint density at radius 1 is 1.44 bits per heavy atom. The molecule has 1 aliphatic rings. The van der Waals surface area contributed by atoms with Gasteiger partial charge in [0.1, 0.15) is 17.5 Å². The van der Waals surface area contributed by atoms with E-state index in [1.165, 1.54) is 18.2 Å². The second kappa shape index (κ2) is 7.45. The number of nitro benzene ring substituents is 1. The first-order valence-electron chi connectivity index (χ1n) is 7.70. The van der Waals surface area contributed by atoms with Crippen molar-refractivity contribution in [1.82, 2.24) is 5.32 Å². The topological polar surface area (TPSA) is 108 Å². The molecule has 1 aromatic rings. The van der Waals surface area contributed by atoms with Crippen LogP contribution in [0, 0.1) is 10.1 Å². The smallest absolute Gasteiger partial charge is 0.270 e. The number of hydrogen-bond acceptors (Lipinski definition) is 7. The van der Waals surface area contributed by atoms with E-state index in [0.717, 1.165) is 6.26 Å². The van der Waals surface area contributed by atoms with Gasteiger partial charge in [0.25, 0.3) is 15.8 Å². The average Bonchev–Trinajstić information content (AvgIpc) is 2.48. The molecule has 2 rings (SSSR count). The molecule has 8 nitrogen and oxygen atoms in total. The van der Waals surface area contributed by atoms with Crippen LogP contribution >= 0.6 is 11.6 Å². The lowest BCUT2D eigenvalue weighted by molar-refractivity contribution is -0.385. The maximum atomic E-state index is 11.7. The Hall–Kier alpha value is -1.42. The van der Waals surface area contributed by atoms with Crippen molar-refractivity contribution >= 4 is 27.4 Å². The molecule has 1 heterocycles. The molecule has 0 saturated carbocycles. The van der Waals surface area contributed by atoms with Crippen molar-refractivity contribution in [3.8, 4) is 5.75 Å². The molecule has 1 aliphatic heterocycles. The van der Waals surface area contributed by atoms with Crippen LogP contribution in [0.1, 0.15) is 31.9 Å². The fourth-order valence-electron chi connectivity index (χ4n) is 2.79. The van der Waals surface area contributed by atoms with Gasteiger partial charge in [-0.15, -0.1) is 11.6 Å². The Kier molecular flexibility index (Phi) is 5.93. The SMILES string of the molecule is CC1(C)Oc2ccc([N+](=O)[O-])cc2[C@H](NCCCCl)[C@H]1OS(C)(=O)=O. The van der Waals surface area contributed by atoms with Gasteiger partial charge < -0.3 is 10.1 Å². The van der Waals surface area contributed by atoms with Gasteiger partial charge in [0.15, 0.2) is 0 Å². The molecule has 1 N–H and O–H groups in total. The van der Waals surface area contributed by atoms with Gasteiger partial charge in [0.05, 0.1) is 17.2 Å². The predicted molar refractivity (Wildman–Crippen MR) is 93.6 cm³/mol. The van der Waals surface area contributed by atoms with Gasteiger partial charge in [-0.1, -0.05) is 0 Å². The number of non-ortho nitro benzene ring substituents is 1. The highest BCUT2D eigenvalue weighted by Crippen LogP contribution is 2.43. The molecule has 0 radical (unpaired) electrons. The molecule has 2 atom stereocenters. The molecule has 10 heteroatoms. The fourth-order valence-corrected chi connectivity index (χ4v) is 3.65. The van der Waals surface area contributed by atoms with E-state index in [2.05, 4.69) is 5.32 Å². The number of fused-ring (bicyclic) bond motifs is 1. The van der Waals surface area contributed by atoms with Crippen LogP contribution in [0.2, 0.25) is 0 Å². The van der Waals surface area contributed by atoms with Crippen LogP contribution in [0.15, 0.2) is 18.2 Å². The number of ether oxygens (including phenoxy) is 1. The number of nitrogens with zero attached hydrogens (tertiary/aromatic N) is 1. The van der Waals surface area contributed by atoms with Crippen LogP contribution in [0.3, 0.4) is 0 Å². The largest absolute Gasteiger partial charge is 0.485 e. The van der Waals surface area contributed by atoms with Crippen molar-refractivity contribution in [2.24, 2.45) is 0 Å². The van der Waals surface area contributed by atoms with E-state index in [1.54, 1.807) is 13.8 Å². The normalized spacial score (nSPS) is 22.1. The number of hydrogen-bond donors (Lipinski definition) is 1. The van der Waals surface area contributed by atoms with Gasteiger partial charge in [-0.05, 0) is 32.9 Å². The second-order valence-corrected chi connectivity index (χ2v) is 8.36. The summed E-state index contributed by atoms with van der Waals surface area (Å²) in [5.41, 5.74) is -0.591. The van der Waals surface area contributed by atoms with Crippen LogP contribution in [-0.4, -0.2) is 43.7 Å². The first-order valence-corrected chi connectivity index (χ1v) is 10.1. The lowest BCUT2D eigenvalue weighted by atomic mass is 9.86. The first-order chi connectivity index (χ1) is 11.5. The fraction of sp³-hybridized carbons (Fsp3) is 0.600. The Labute approximate surface area is 151 Å². The van der Waals surface area contributed by atoms with Crippen LogP contribution in [-0.2, 0) is 14.3 Å². The van der Waals surface area contributed by atoms with Crippen LogP contribution in [0.25, 0.3) is 0 Å². The Balaban J connectivity index is 2.50. The molecule has 0 saturated heterocycles. The highest BCUT2D eigenvalue weighted by atomic mass is 35.5. The van der Waals surface area contributed by atoms with E-state index in [0.29, 0.717) is 30.2 Å². The third-order valence-corrected chi connectivity index (χ3v) is 4.68. The quantitative estimate of drug-likeness (QED) is 0.249. The Morgan fingerprint density at radius 2 is 2.12 bits per heavy atom. The molecule has 0 aliphatic carbocycles. The van der Waals surface area contributed by atoms with Crippen molar-refractivity contribution in [1.29, 1.82) is 0 Å². The first kappa shape index (κ1) is 19.9. The summed E-state index contributed by atoms with van der Waals surface area (Å²) in [7, 11) is -3.77. The van der Waals surface area contributed by atoms with Gasteiger partial charge in [0.2, 0.25) is 0 Å². The van der Waals surface area contributed by atoms with E-state index in [9.17, 15) is 18.5 Å². The summed E-state index contributed by atoms with van der Waals surface area (Å²) >= 11 is 5.70. The number of benzene rings is 1. The maximum absolute atomic E-state index is 11.7. The summed E-state index contributed by atoms with van der Waals surface area (Å²) in [6.07, 6.45) is 0.712. The molecular formula is C15H21ClN2O6S. The van der Waals surface area contributed by atoms with Crippen LogP contribution in [0.5, 0.6) is 5.75 Å². The highest BCUT2D eigenvalue weighted by molar-refractivity contribution is 7.86. The minimum Gasteiger partial charge on any atom is -0.485 e. The summed E-state index contributed by atoms with van der Waals surface area (Å²) in [4.78, 5) is 10.6. The number of halogens is 1.